The van der Waals surface area contributed by atoms with Crippen molar-refractivity contribution >= 4 is 23.6 Å². The lowest BCUT2D eigenvalue weighted by molar-refractivity contribution is -0.137. The van der Waals surface area contributed by atoms with E-state index >= 15 is 0 Å². The Kier molecular flexibility index (Phi) is 11.8. The molecule has 1 aliphatic rings. The maximum absolute atomic E-state index is 12.2. The van der Waals surface area contributed by atoms with Gasteiger partial charge in [-0.05, 0) is 49.3 Å². The van der Waals surface area contributed by atoms with Crippen LogP contribution in [0.1, 0.15) is 57.4 Å². The lowest BCUT2D eigenvalue weighted by atomic mass is 9.95. The Morgan fingerprint density at radius 2 is 2.00 bits per heavy atom. The molecule has 2 N–H and O–H groups in total. The number of likely N-dealkylation sites (tertiary alicyclic amines) is 1. The van der Waals surface area contributed by atoms with E-state index < -0.39 is 12.1 Å². The molecule has 172 valence electrons. The number of aliphatic hydroxyl groups excluding tert-OH is 1. The topological polar surface area (TPSA) is 77.8 Å². The number of carboxylic acids is 1. The molecule has 2 rings (SSSR count). The average Bonchev–Trinajstić information content (AvgIpc) is 3.11. The molecule has 1 amide bonds. The summed E-state index contributed by atoms with van der Waals surface area (Å²) in [7, 11) is 0. The van der Waals surface area contributed by atoms with Crippen LogP contribution in [0.4, 0.5) is 0 Å². The average molecular weight is 448 g/mol. The van der Waals surface area contributed by atoms with Crippen molar-refractivity contribution in [3.8, 4) is 0 Å². The van der Waals surface area contributed by atoms with E-state index in [2.05, 4.69) is 31.2 Å². The molecule has 0 radical (unpaired) electrons. The van der Waals surface area contributed by atoms with Crippen LogP contribution in [0.15, 0.2) is 42.5 Å². The molecule has 3 atom stereocenters. The summed E-state index contributed by atoms with van der Waals surface area (Å²) >= 11 is 1.69. The Balaban J connectivity index is 1.66. The van der Waals surface area contributed by atoms with Crippen molar-refractivity contribution in [3.05, 3.63) is 48.0 Å². The molecule has 1 aliphatic heterocycles. The van der Waals surface area contributed by atoms with Gasteiger partial charge in [-0.15, -0.1) is 0 Å². The summed E-state index contributed by atoms with van der Waals surface area (Å²) < 4.78 is 0. The van der Waals surface area contributed by atoms with Crippen LogP contribution < -0.4 is 0 Å². The fourth-order valence-electron chi connectivity index (χ4n) is 3.88. The molecule has 1 fully saturated rings. The van der Waals surface area contributed by atoms with Gasteiger partial charge in [-0.3, -0.25) is 9.59 Å². The minimum atomic E-state index is -0.760. The highest BCUT2D eigenvalue weighted by Gasteiger charge is 2.28. The van der Waals surface area contributed by atoms with E-state index in [4.69, 9.17) is 5.11 Å². The van der Waals surface area contributed by atoms with Gasteiger partial charge in [0, 0.05) is 25.1 Å². The number of carboxylic acid groups (broad SMARTS) is 1. The number of aliphatic carboxylic acids is 1. The predicted octanol–water partition coefficient (Wildman–Crippen LogP) is 4.54. The summed E-state index contributed by atoms with van der Waals surface area (Å²) in [5.74, 6) is 1.22. The minimum Gasteiger partial charge on any atom is -0.481 e. The molecule has 0 spiro atoms. The maximum atomic E-state index is 12.2. The van der Waals surface area contributed by atoms with Crippen LogP contribution in [0, 0.1) is 5.92 Å². The molecular weight excluding hydrogens is 410 g/mol. The van der Waals surface area contributed by atoms with Crippen LogP contribution in [-0.4, -0.2) is 57.2 Å². The van der Waals surface area contributed by atoms with E-state index in [9.17, 15) is 14.7 Å². The Morgan fingerprint density at radius 1 is 1.23 bits per heavy atom. The summed E-state index contributed by atoms with van der Waals surface area (Å²) in [4.78, 5) is 24.7. The fraction of sp³-hybridized carbons (Fsp3) is 0.600. The van der Waals surface area contributed by atoms with Crippen molar-refractivity contribution in [3.63, 3.8) is 0 Å². The van der Waals surface area contributed by atoms with Gasteiger partial charge in [0.25, 0.3) is 0 Å². The van der Waals surface area contributed by atoms with Gasteiger partial charge >= 0.3 is 5.97 Å². The van der Waals surface area contributed by atoms with Crippen molar-refractivity contribution in [1.29, 1.82) is 0 Å². The summed E-state index contributed by atoms with van der Waals surface area (Å²) in [5, 5.41) is 19.2. The number of amides is 1. The summed E-state index contributed by atoms with van der Waals surface area (Å²) in [6, 6.07) is 10.6. The van der Waals surface area contributed by atoms with E-state index in [-0.39, 0.29) is 24.3 Å². The van der Waals surface area contributed by atoms with Crippen molar-refractivity contribution < 1.29 is 19.8 Å². The Labute approximate surface area is 190 Å². The molecule has 5 nitrogen and oxygen atoms in total. The van der Waals surface area contributed by atoms with E-state index in [0.717, 1.165) is 43.6 Å². The monoisotopic (exact) mass is 447 g/mol. The fourth-order valence-corrected chi connectivity index (χ4v) is 4.76. The second-order valence-electron chi connectivity index (χ2n) is 8.39. The van der Waals surface area contributed by atoms with Gasteiger partial charge in [0.2, 0.25) is 5.91 Å². The van der Waals surface area contributed by atoms with Gasteiger partial charge in [-0.1, -0.05) is 55.8 Å². The van der Waals surface area contributed by atoms with Crippen molar-refractivity contribution in [2.75, 3.05) is 18.1 Å². The molecule has 1 aromatic carbocycles. The first-order chi connectivity index (χ1) is 15.0. The lowest BCUT2D eigenvalue weighted by Crippen LogP contribution is -2.34. The molecule has 0 bridgehead atoms. The first-order valence-corrected chi connectivity index (χ1v) is 12.6. The van der Waals surface area contributed by atoms with Crippen molar-refractivity contribution in [1.82, 2.24) is 4.90 Å². The van der Waals surface area contributed by atoms with E-state index in [0.29, 0.717) is 19.4 Å². The van der Waals surface area contributed by atoms with Gasteiger partial charge in [0.15, 0.2) is 0 Å². The van der Waals surface area contributed by atoms with Crippen LogP contribution >= 0.6 is 11.8 Å². The number of hydrogen-bond donors (Lipinski definition) is 2. The van der Waals surface area contributed by atoms with Crippen LogP contribution in [0.25, 0.3) is 0 Å². The van der Waals surface area contributed by atoms with Gasteiger partial charge in [-0.2, -0.15) is 11.8 Å². The van der Waals surface area contributed by atoms with Crippen molar-refractivity contribution in [2.45, 2.75) is 70.4 Å². The number of carbonyl (C=O) groups is 2. The number of aliphatic hydroxyl groups is 1. The molecule has 1 heterocycles. The number of benzene rings is 1. The zero-order chi connectivity index (χ0) is 22.5. The first-order valence-electron chi connectivity index (χ1n) is 11.5. The second kappa shape index (κ2) is 14.3. The van der Waals surface area contributed by atoms with E-state index in [1.807, 2.05) is 23.1 Å². The highest BCUT2D eigenvalue weighted by atomic mass is 32.2. The number of thioether (sulfide) groups is 1. The molecule has 1 unspecified atom stereocenters. The SMILES string of the molecule is C[C@@H](CCCCc1ccccc1)[C@H](O)C=CC1CCC(=O)N1CCSCCCC(=O)O. The summed E-state index contributed by atoms with van der Waals surface area (Å²) in [5.41, 5.74) is 1.36. The quantitative estimate of drug-likeness (QED) is 0.305. The smallest absolute Gasteiger partial charge is 0.303 e. The van der Waals surface area contributed by atoms with Gasteiger partial charge < -0.3 is 15.1 Å². The molecule has 0 aromatic heterocycles. The normalized spacial score (nSPS) is 18.6. The Morgan fingerprint density at radius 3 is 2.74 bits per heavy atom. The van der Waals surface area contributed by atoms with E-state index in [1.165, 1.54) is 5.56 Å². The molecule has 6 heteroatoms. The lowest BCUT2D eigenvalue weighted by Gasteiger charge is -2.23. The number of rotatable bonds is 15. The molecule has 0 aliphatic carbocycles. The van der Waals surface area contributed by atoms with Gasteiger partial charge in [0.05, 0.1) is 12.1 Å². The first kappa shape index (κ1) is 25.5. The predicted molar refractivity (Wildman–Crippen MR) is 127 cm³/mol. The van der Waals surface area contributed by atoms with Crippen LogP contribution in [0.3, 0.4) is 0 Å². The van der Waals surface area contributed by atoms with Crippen molar-refractivity contribution in [2.24, 2.45) is 5.92 Å². The highest BCUT2D eigenvalue weighted by Crippen LogP contribution is 2.22. The van der Waals surface area contributed by atoms with Gasteiger partial charge in [-0.25, -0.2) is 0 Å². The third-order valence-electron chi connectivity index (χ3n) is 5.86. The molecule has 0 saturated carbocycles. The summed E-state index contributed by atoms with van der Waals surface area (Å²) in [6.07, 6.45) is 9.89. The summed E-state index contributed by atoms with van der Waals surface area (Å²) in [6.45, 7) is 2.76. The number of hydrogen-bond acceptors (Lipinski definition) is 4. The number of nitrogens with zero attached hydrogens (tertiary/aromatic N) is 1. The number of unbranched alkanes of at least 4 members (excludes halogenated alkanes) is 1. The number of aryl methyl sites for hydroxylation is 1. The highest BCUT2D eigenvalue weighted by molar-refractivity contribution is 7.99. The largest absolute Gasteiger partial charge is 0.481 e. The minimum absolute atomic E-state index is 0.0621. The van der Waals surface area contributed by atoms with Crippen LogP contribution in [-0.2, 0) is 16.0 Å². The van der Waals surface area contributed by atoms with Crippen LogP contribution in [0.5, 0.6) is 0 Å². The number of carbonyl (C=O) groups excluding carboxylic acids is 1. The van der Waals surface area contributed by atoms with E-state index in [1.54, 1.807) is 11.8 Å². The standard InChI is InChI=1S/C25H37NO4S/c1-20(8-5-6-11-21-9-3-2-4-10-21)23(27)15-13-22-14-16-24(28)26(22)17-19-31-18-7-12-25(29)30/h2-4,9-10,13,15,20,22-23,27H,5-8,11-12,14,16-19H2,1H3,(H,29,30)/t20-,22?,23+/m0/s1. The Hall–Kier alpha value is -1.79. The maximum Gasteiger partial charge on any atom is 0.303 e. The zero-order valence-electron chi connectivity index (χ0n) is 18.6. The Bertz CT molecular complexity index is 694. The van der Waals surface area contributed by atoms with Crippen LogP contribution in [0.2, 0.25) is 0 Å². The molecule has 1 saturated heterocycles. The zero-order valence-corrected chi connectivity index (χ0v) is 19.4. The molecule has 1 aromatic rings. The third-order valence-corrected chi connectivity index (χ3v) is 6.91. The third kappa shape index (κ3) is 9.92. The molecular formula is C25H37NO4S. The van der Waals surface area contributed by atoms with Gasteiger partial charge in [0.1, 0.15) is 0 Å². The second-order valence-corrected chi connectivity index (χ2v) is 9.61. The molecule has 31 heavy (non-hydrogen) atoms.